The van der Waals surface area contributed by atoms with Gasteiger partial charge in [0.2, 0.25) is 0 Å². The van der Waals surface area contributed by atoms with Crippen LogP contribution >= 0.6 is 0 Å². The van der Waals surface area contributed by atoms with E-state index in [0.29, 0.717) is 0 Å². The highest BCUT2D eigenvalue weighted by molar-refractivity contribution is 5.69. The summed E-state index contributed by atoms with van der Waals surface area (Å²) in [5.41, 5.74) is 0. The van der Waals surface area contributed by atoms with E-state index in [1.54, 1.807) is 0 Å². The molecule has 0 unspecified atom stereocenters. The fourth-order valence-corrected chi connectivity index (χ4v) is 0.161. The van der Waals surface area contributed by atoms with Gasteiger partial charge < -0.3 is 9.94 Å². The Labute approximate surface area is 50.2 Å². The zero-order valence-corrected chi connectivity index (χ0v) is 4.57. The summed E-state index contributed by atoms with van der Waals surface area (Å²) in [6.07, 6.45) is -1.75. The predicted octanol–water partition coefficient (Wildman–Crippen LogP) is -0.166. The van der Waals surface area contributed by atoms with Crippen LogP contribution in [0.3, 0.4) is 0 Å². The molecular weight excluding hydrogens is 130 g/mol. The zero-order chi connectivity index (χ0) is 7.44. The fraction of sp³-hybridized carbons (Fsp3) is 0.333. The first-order valence-electron chi connectivity index (χ1n) is 1.94. The molecule has 9 heavy (non-hydrogen) atoms. The number of carboxylic acid groups (broad SMARTS) is 1. The molecule has 2 N–H and O–H groups in total. The molecule has 0 aliphatic heterocycles. The fourth-order valence-electron chi connectivity index (χ4n) is 0.161. The molecule has 0 atom stereocenters. The maximum atomic E-state index is 9.87. The van der Waals surface area contributed by atoms with Crippen LogP contribution in [0.2, 0.25) is 0 Å². The summed E-state index contributed by atoms with van der Waals surface area (Å²) >= 11 is 0. The van der Waals surface area contributed by atoms with Crippen molar-refractivity contribution < 1.29 is 24.7 Å². The van der Waals surface area contributed by atoms with Gasteiger partial charge in [-0.2, -0.15) is 0 Å². The lowest BCUT2D eigenvalue weighted by molar-refractivity contribution is -0.284. The van der Waals surface area contributed by atoms with Crippen LogP contribution in [-0.4, -0.2) is 27.6 Å². The van der Waals surface area contributed by atoms with Crippen LogP contribution in [-0.2, 0) is 9.63 Å². The van der Waals surface area contributed by atoms with Crippen LogP contribution in [0.1, 0.15) is 6.92 Å². The molecule has 0 rings (SSSR count). The smallest absolute Gasteiger partial charge is 0.461 e. The minimum Gasteiger partial charge on any atom is -0.461 e. The Morgan fingerprint density at radius 1 is 1.56 bits per heavy atom. The van der Waals surface area contributed by atoms with Crippen molar-refractivity contribution in [2.45, 2.75) is 6.92 Å². The Morgan fingerprint density at radius 2 is 2.00 bits per heavy atom. The van der Waals surface area contributed by atoms with Crippen LogP contribution in [0.5, 0.6) is 0 Å². The van der Waals surface area contributed by atoms with E-state index in [0.717, 1.165) is 6.92 Å². The highest BCUT2D eigenvalue weighted by Gasteiger charge is 2.10. The van der Waals surface area contributed by atoms with Crippen molar-refractivity contribution in [3.63, 3.8) is 0 Å². The van der Waals surface area contributed by atoms with E-state index in [-0.39, 0.29) is 0 Å². The molecule has 0 bridgehead atoms. The van der Waals surface area contributed by atoms with E-state index in [9.17, 15) is 9.59 Å². The second-order valence-electron chi connectivity index (χ2n) is 1.14. The highest BCUT2D eigenvalue weighted by atomic mass is 16.9. The second-order valence-corrected chi connectivity index (χ2v) is 1.14. The number of amides is 1. The van der Waals surface area contributed by atoms with Gasteiger partial charge in [0, 0.05) is 6.92 Å². The van der Waals surface area contributed by atoms with E-state index >= 15 is 0 Å². The van der Waals surface area contributed by atoms with Crippen LogP contribution in [0, 0.1) is 0 Å². The van der Waals surface area contributed by atoms with Gasteiger partial charge in [-0.3, -0.25) is 0 Å². The molecule has 0 aromatic rings. The van der Waals surface area contributed by atoms with Gasteiger partial charge in [0.25, 0.3) is 0 Å². The van der Waals surface area contributed by atoms with Gasteiger partial charge >= 0.3 is 12.1 Å². The Kier molecular flexibility index (Phi) is 2.46. The molecule has 6 heteroatoms. The molecule has 0 fully saturated rings. The summed E-state index contributed by atoms with van der Waals surface area (Å²) in [6, 6.07) is 0. The molecule has 0 aliphatic rings. The largest absolute Gasteiger partial charge is 0.466 e. The van der Waals surface area contributed by atoms with E-state index in [1.165, 1.54) is 0 Å². The first kappa shape index (κ1) is 7.70. The third-order valence-corrected chi connectivity index (χ3v) is 0.379. The molecule has 0 aromatic heterocycles. The Morgan fingerprint density at radius 3 is 2.11 bits per heavy atom. The van der Waals surface area contributed by atoms with Gasteiger partial charge in [0.15, 0.2) is 0 Å². The summed E-state index contributed by atoms with van der Waals surface area (Å²) < 4.78 is 0. The van der Waals surface area contributed by atoms with Crippen molar-refractivity contribution in [1.29, 1.82) is 0 Å². The van der Waals surface area contributed by atoms with E-state index in [1.807, 2.05) is 0 Å². The number of hydroxylamine groups is 2. The first-order valence-corrected chi connectivity index (χ1v) is 1.94. The third-order valence-electron chi connectivity index (χ3n) is 0.379. The lowest BCUT2D eigenvalue weighted by Crippen LogP contribution is -2.27. The van der Waals surface area contributed by atoms with Gasteiger partial charge in [-0.15, -0.1) is 0 Å². The van der Waals surface area contributed by atoms with Crippen molar-refractivity contribution in [2.24, 2.45) is 0 Å². The van der Waals surface area contributed by atoms with E-state index < -0.39 is 17.3 Å². The van der Waals surface area contributed by atoms with Gasteiger partial charge in [-0.05, 0) is 5.23 Å². The molecule has 0 heterocycles. The minimum absolute atomic E-state index is 0.567. The van der Waals surface area contributed by atoms with Crippen LogP contribution in [0.25, 0.3) is 0 Å². The molecule has 0 saturated carbocycles. The Bertz CT molecular complexity index is 132. The van der Waals surface area contributed by atoms with Crippen molar-refractivity contribution in [2.75, 3.05) is 0 Å². The van der Waals surface area contributed by atoms with Gasteiger partial charge in [-0.25, -0.2) is 14.8 Å². The maximum absolute atomic E-state index is 9.87. The summed E-state index contributed by atoms with van der Waals surface area (Å²) in [4.78, 5) is 23.2. The number of nitrogens with zero attached hydrogens (tertiary/aromatic N) is 1. The molecule has 0 spiro atoms. The monoisotopic (exact) mass is 135 g/mol. The lowest BCUT2D eigenvalue weighted by Gasteiger charge is -2.05. The van der Waals surface area contributed by atoms with Gasteiger partial charge in [-0.1, -0.05) is 0 Å². The maximum Gasteiger partial charge on any atom is 0.466 e. The quantitative estimate of drug-likeness (QED) is 0.355. The molecular formula is C3H5NO5. The number of carbonyl (C=O) groups is 2. The Hall–Kier alpha value is -1.30. The summed E-state index contributed by atoms with van der Waals surface area (Å²) in [5.74, 6) is -0.903. The molecule has 52 valence electrons. The molecule has 0 aromatic carbocycles. The number of carbonyl (C=O) groups excluding carboxylic acids is 1. The average Bonchev–Trinajstić information content (AvgIpc) is 1.63. The third kappa shape index (κ3) is 3.30. The molecule has 0 saturated heterocycles. The van der Waals surface area contributed by atoms with Crippen molar-refractivity contribution in [3.05, 3.63) is 0 Å². The van der Waals surface area contributed by atoms with E-state index in [4.69, 9.17) is 10.3 Å². The minimum atomic E-state index is -1.75. The van der Waals surface area contributed by atoms with Crippen molar-refractivity contribution >= 4 is 12.1 Å². The highest BCUT2D eigenvalue weighted by Crippen LogP contribution is 1.84. The lowest BCUT2D eigenvalue weighted by atomic mass is 10.8. The predicted molar refractivity (Wildman–Crippen MR) is 23.4 cm³/mol. The zero-order valence-electron chi connectivity index (χ0n) is 4.57. The normalized spacial score (nSPS) is 8.22. The van der Waals surface area contributed by atoms with Crippen LogP contribution in [0.4, 0.5) is 4.79 Å². The number of hydrogen-bond acceptors (Lipinski definition) is 4. The summed E-state index contributed by atoms with van der Waals surface area (Å²) in [5, 5.41) is 15.4. The first-order chi connectivity index (χ1) is 4.04. The molecule has 6 nitrogen and oxygen atoms in total. The molecule has 1 amide bonds. The van der Waals surface area contributed by atoms with Crippen molar-refractivity contribution in [3.8, 4) is 0 Å². The van der Waals surface area contributed by atoms with E-state index in [2.05, 4.69) is 4.84 Å². The topological polar surface area (TPSA) is 87.1 Å². The Balaban J connectivity index is 3.63. The SMILES string of the molecule is CC(=O)ON(O)C(=O)O. The standard InChI is InChI=1S/C3H5NO5/c1-2(5)9-4(8)3(6)7/h8H,1H3,(H,6,7). The second kappa shape index (κ2) is 2.88. The summed E-state index contributed by atoms with van der Waals surface area (Å²) in [7, 11) is 0. The average molecular weight is 135 g/mol. The van der Waals surface area contributed by atoms with Crippen LogP contribution in [0.15, 0.2) is 0 Å². The molecule has 0 radical (unpaired) electrons. The number of rotatable bonds is 0. The summed E-state index contributed by atoms with van der Waals surface area (Å²) in [6.45, 7) is 0.964. The van der Waals surface area contributed by atoms with Gasteiger partial charge in [0.1, 0.15) is 0 Å². The van der Waals surface area contributed by atoms with Crippen LogP contribution < -0.4 is 0 Å². The van der Waals surface area contributed by atoms with Gasteiger partial charge in [0.05, 0.1) is 0 Å². The molecule has 0 aliphatic carbocycles. The number of hydrogen-bond donors (Lipinski definition) is 2. The van der Waals surface area contributed by atoms with Crippen molar-refractivity contribution in [1.82, 2.24) is 5.23 Å².